The van der Waals surface area contributed by atoms with Crippen molar-refractivity contribution in [3.05, 3.63) is 72.9 Å². The number of esters is 2. The van der Waals surface area contributed by atoms with Crippen LogP contribution in [0.3, 0.4) is 0 Å². The van der Waals surface area contributed by atoms with Gasteiger partial charge in [0.05, 0.1) is 13.2 Å². The number of nitrogens with two attached hydrogens (primary N) is 1. The van der Waals surface area contributed by atoms with Gasteiger partial charge in [-0.2, -0.15) is 0 Å². The van der Waals surface area contributed by atoms with Crippen LogP contribution in [-0.2, 0) is 37.5 Å². The molecule has 0 saturated carbocycles. The van der Waals surface area contributed by atoms with Gasteiger partial charge in [0, 0.05) is 12.8 Å². The summed E-state index contributed by atoms with van der Waals surface area (Å²) in [6.07, 6.45) is 53.9. The van der Waals surface area contributed by atoms with Gasteiger partial charge in [-0.15, -0.1) is 0 Å². The van der Waals surface area contributed by atoms with E-state index in [4.69, 9.17) is 24.8 Å². The third-order valence-electron chi connectivity index (χ3n) is 9.94. The molecule has 0 aliphatic rings. The number of rotatable bonds is 44. The van der Waals surface area contributed by atoms with E-state index in [1.54, 1.807) is 0 Å². The minimum Gasteiger partial charge on any atom is -0.480 e. The van der Waals surface area contributed by atoms with Crippen molar-refractivity contribution in [3.8, 4) is 0 Å². The number of hydrogen-bond acceptors (Lipinski definition) is 9. The van der Waals surface area contributed by atoms with E-state index >= 15 is 0 Å². The molecule has 0 fully saturated rings. The third kappa shape index (κ3) is 43.6. The van der Waals surface area contributed by atoms with Crippen molar-refractivity contribution in [1.29, 1.82) is 0 Å². The molecule has 356 valence electrons. The van der Waals surface area contributed by atoms with E-state index in [2.05, 4.69) is 91.3 Å². The molecule has 0 spiro atoms. The maximum Gasteiger partial charge on any atom is 0.472 e. The number of ether oxygens (including phenoxy) is 2. The fraction of sp³-hybridized carbons (Fsp3) is 0.700. The molecule has 4 N–H and O–H groups in total. The van der Waals surface area contributed by atoms with Gasteiger partial charge in [-0.25, -0.2) is 4.57 Å². The number of allylic oxidation sites excluding steroid dienone is 12. The monoisotopic (exact) mass is 892 g/mol. The molecule has 0 aromatic rings. The summed E-state index contributed by atoms with van der Waals surface area (Å²) in [5, 5.41) is 8.91. The molecule has 0 aliphatic heterocycles. The molecule has 62 heavy (non-hydrogen) atoms. The third-order valence-corrected chi connectivity index (χ3v) is 10.9. The van der Waals surface area contributed by atoms with E-state index in [1.165, 1.54) is 57.8 Å². The van der Waals surface area contributed by atoms with Crippen molar-refractivity contribution in [3.63, 3.8) is 0 Å². The highest BCUT2D eigenvalue weighted by Crippen LogP contribution is 2.43. The molecule has 0 aromatic carbocycles. The van der Waals surface area contributed by atoms with E-state index in [1.807, 2.05) is 0 Å². The van der Waals surface area contributed by atoms with Gasteiger partial charge >= 0.3 is 25.7 Å². The average Bonchev–Trinajstić information content (AvgIpc) is 3.25. The normalized spacial score (nSPS) is 14.3. The fourth-order valence-corrected chi connectivity index (χ4v) is 6.98. The van der Waals surface area contributed by atoms with Crippen LogP contribution in [0.5, 0.6) is 0 Å². The molecular formula is C50H86NO10P. The molecule has 0 amide bonds. The van der Waals surface area contributed by atoms with E-state index in [0.717, 1.165) is 96.3 Å². The first-order valence-corrected chi connectivity index (χ1v) is 25.5. The zero-order valence-electron chi connectivity index (χ0n) is 38.7. The number of hydrogen-bond donors (Lipinski definition) is 3. The lowest BCUT2D eigenvalue weighted by atomic mass is 10.0. The highest BCUT2D eigenvalue weighted by Gasteiger charge is 2.28. The number of unbranched alkanes of at least 4 members (excludes halogenated alkanes) is 18. The molecule has 3 atom stereocenters. The van der Waals surface area contributed by atoms with Gasteiger partial charge in [0.15, 0.2) is 6.10 Å². The number of aliphatic carboxylic acids is 1. The van der Waals surface area contributed by atoms with Crippen molar-refractivity contribution in [2.45, 2.75) is 206 Å². The van der Waals surface area contributed by atoms with Crippen molar-refractivity contribution in [2.75, 3.05) is 19.8 Å². The summed E-state index contributed by atoms with van der Waals surface area (Å²) in [4.78, 5) is 46.1. The predicted molar refractivity (Wildman–Crippen MR) is 254 cm³/mol. The van der Waals surface area contributed by atoms with E-state index in [-0.39, 0.29) is 19.4 Å². The quantitative estimate of drug-likeness (QED) is 0.0230. The SMILES string of the molecule is CC/C=C\C/C=C\C/C=C\C/C=C\CCCCCCCCCCCCC(=O)OC(COC(=O)CCCCCCC/C=C\C/C=C\CCCCC)COP(=O)(O)OCC(N)C(=O)O. The molecule has 0 bridgehead atoms. The minimum absolute atomic E-state index is 0.149. The van der Waals surface area contributed by atoms with Gasteiger partial charge in [0.2, 0.25) is 0 Å². The molecular weight excluding hydrogens is 806 g/mol. The maximum atomic E-state index is 12.7. The fourth-order valence-electron chi connectivity index (χ4n) is 6.20. The Hall–Kier alpha value is -3.08. The summed E-state index contributed by atoms with van der Waals surface area (Å²) >= 11 is 0. The first-order chi connectivity index (χ1) is 30.1. The Morgan fingerprint density at radius 3 is 1.35 bits per heavy atom. The smallest absolute Gasteiger partial charge is 0.472 e. The van der Waals surface area contributed by atoms with Crippen molar-refractivity contribution in [1.82, 2.24) is 0 Å². The number of carboxylic acid groups (broad SMARTS) is 1. The summed E-state index contributed by atoms with van der Waals surface area (Å²) in [5.41, 5.74) is 5.34. The van der Waals surface area contributed by atoms with E-state index in [9.17, 15) is 23.8 Å². The molecule has 12 heteroatoms. The molecule has 0 aromatic heterocycles. The Kier molecular flexibility index (Phi) is 42.3. The van der Waals surface area contributed by atoms with E-state index in [0.29, 0.717) is 12.8 Å². The van der Waals surface area contributed by atoms with Crippen LogP contribution in [0.1, 0.15) is 194 Å². The van der Waals surface area contributed by atoms with Crippen LogP contribution in [0.2, 0.25) is 0 Å². The molecule has 11 nitrogen and oxygen atoms in total. The lowest BCUT2D eigenvalue weighted by Crippen LogP contribution is -2.34. The summed E-state index contributed by atoms with van der Waals surface area (Å²) in [5.74, 6) is -2.41. The minimum atomic E-state index is -4.73. The lowest BCUT2D eigenvalue weighted by molar-refractivity contribution is -0.161. The Morgan fingerprint density at radius 1 is 0.516 bits per heavy atom. The van der Waals surface area contributed by atoms with Crippen LogP contribution in [0.15, 0.2) is 72.9 Å². The summed E-state index contributed by atoms with van der Waals surface area (Å²) < 4.78 is 32.8. The summed E-state index contributed by atoms with van der Waals surface area (Å²) in [6, 6.07) is -1.53. The number of phosphoric acid groups is 1. The van der Waals surface area contributed by atoms with Crippen molar-refractivity contribution in [2.24, 2.45) is 5.73 Å². The summed E-state index contributed by atoms with van der Waals surface area (Å²) in [6.45, 7) is 2.65. The second-order valence-electron chi connectivity index (χ2n) is 15.9. The van der Waals surface area contributed by atoms with Gasteiger partial charge in [-0.05, 0) is 83.5 Å². The van der Waals surface area contributed by atoms with Crippen LogP contribution in [0.25, 0.3) is 0 Å². The first-order valence-electron chi connectivity index (χ1n) is 24.0. The standard InChI is InChI=1S/C50H86NO10P/c1-3-5-7-9-11-13-15-17-19-20-21-22-23-24-25-26-28-30-32-34-36-38-40-42-49(53)61-46(44-59-62(56,57)60-45-47(51)50(54)55)43-58-48(52)41-39-37-35-33-31-29-27-18-16-14-12-10-8-6-4-2/h5,7,11-14,17-19,21-22,27,46-47H,3-4,6,8-10,15-16,20,23-26,28-45,51H2,1-2H3,(H,54,55)(H,56,57)/b7-5-,13-11-,14-12-,19-17-,22-21-,27-18-. The van der Waals surface area contributed by atoms with Gasteiger partial charge in [0.1, 0.15) is 12.6 Å². The molecule has 0 aliphatic carbocycles. The second kappa shape index (κ2) is 44.5. The van der Waals surface area contributed by atoms with Crippen LogP contribution in [0, 0.1) is 0 Å². The summed E-state index contributed by atoms with van der Waals surface area (Å²) in [7, 11) is -4.73. The molecule has 0 heterocycles. The lowest BCUT2D eigenvalue weighted by Gasteiger charge is -2.20. The highest BCUT2D eigenvalue weighted by molar-refractivity contribution is 7.47. The average molecular weight is 892 g/mol. The zero-order valence-corrected chi connectivity index (χ0v) is 39.6. The first kappa shape index (κ1) is 58.9. The predicted octanol–water partition coefficient (Wildman–Crippen LogP) is 13.3. The number of carbonyl (C=O) groups is 3. The van der Waals surface area contributed by atoms with Crippen LogP contribution >= 0.6 is 7.82 Å². The van der Waals surface area contributed by atoms with Crippen LogP contribution in [0.4, 0.5) is 0 Å². The van der Waals surface area contributed by atoms with Gasteiger partial charge in [-0.3, -0.25) is 23.4 Å². The number of carboxylic acids is 1. The van der Waals surface area contributed by atoms with E-state index < -0.39 is 51.1 Å². The molecule has 0 radical (unpaired) electrons. The molecule has 3 unspecified atom stereocenters. The van der Waals surface area contributed by atoms with Gasteiger partial charge < -0.3 is 25.2 Å². The molecule has 0 saturated heterocycles. The van der Waals surface area contributed by atoms with Gasteiger partial charge in [-0.1, -0.05) is 170 Å². The topological polar surface area (TPSA) is 172 Å². The maximum absolute atomic E-state index is 12.7. The highest BCUT2D eigenvalue weighted by atomic mass is 31.2. The number of carbonyl (C=O) groups excluding carboxylic acids is 2. The van der Waals surface area contributed by atoms with Gasteiger partial charge in [0.25, 0.3) is 0 Å². The van der Waals surface area contributed by atoms with Crippen LogP contribution < -0.4 is 5.73 Å². The Balaban J connectivity index is 4.30. The van der Waals surface area contributed by atoms with Crippen molar-refractivity contribution >= 4 is 25.7 Å². The largest absolute Gasteiger partial charge is 0.480 e. The van der Waals surface area contributed by atoms with Crippen molar-refractivity contribution < 1.29 is 47.5 Å². The van der Waals surface area contributed by atoms with Crippen LogP contribution in [-0.4, -0.2) is 59.9 Å². The molecule has 0 rings (SSSR count). The number of phosphoric ester groups is 1. The zero-order chi connectivity index (χ0) is 45.6. The Morgan fingerprint density at radius 2 is 0.903 bits per heavy atom. The Labute approximate surface area is 376 Å². The second-order valence-corrected chi connectivity index (χ2v) is 17.3. The Bertz CT molecular complexity index is 1320.